The number of hydrogen-bond donors (Lipinski definition) is 0. The van der Waals surface area contributed by atoms with Gasteiger partial charge in [0, 0.05) is 11.6 Å². The monoisotopic (exact) mass is 303 g/mol. The van der Waals surface area contributed by atoms with E-state index >= 15 is 0 Å². The third kappa shape index (κ3) is 2.58. The molecule has 2 aromatic carbocycles. The first-order chi connectivity index (χ1) is 9.63. The van der Waals surface area contributed by atoms with Gasteiger partial charge in [-0.3, -0.25) is 4.98 Å². The minimum atomic E-state index is 0.437. The summed E-state index contributed by atoms with van der Waals surface area (Å²) >= 11 is 12.2. The lowest BCUT2D eigenvalue weighted by Gasteiger charge is -2.08. The van der Waals surface area contributed by atoms with Gasteiger partial charge in [-0.2, -0.15) is 0 Å². The molecule has 0 aliphatic rings. The van der Waals surface area contributed by atoms with Crippen molar-refractivity contribution in [2.45, 2.75) is 6.92 Å². The van der Waals surface area contributed by atoms with Crippen LogP contribution in [0, 0.1) is 6.92 Å². The smallest absolute Gasteiger partial charge is 0.128 e. The first kappa shape index (κ1) is 13.2. The van der Waals surface area contributed by atoms with E-state index in [0.29, 0.717) is 15.8 Å². The van der Waals surface area contributed by atoms with E-state index in [0.717, 1.165) is 16.7 Å². The Hall–Kier alpha value is -1.77. The van der Waals surface area contributed by atoms with Crippen LogP contribution < -0.4 is 4.74 Å². The van der Waals surface area contributed by atoms with Gasteiger partial charge in [-0.05, 0) is 37.3 Å². The minimum Gasteiger partial charge on any atom is -0.457 e. The third-order valence-electron chi connectivity index (χ3n) is 2.99. The number of nitrogens with zero attached hydrogens (tertiary/aromatic N) is 1. The summed E-state index contributed by atoms with van der Waals surface area (Å²) in [6.45, 7) is 2.03. The maximum absolute atomic E-state index is 6.19. The summed E-state index contributed by atoms with van der Waals surface area (Å²) in [4.78, 5) is 4.23. The van der Waals surface area contributed by atoms with E-state index < -0.39 is 0 Å². The molecule has 2 nitrogen and oxygen atoms in total. The van der Waals surface area contributed by atoms with Crippen molar-refractivity contribution in [1.82, 2.24) is 4.98 Å². The lowest BCUT2D eigenvalue weighted by Crippen LogP contribution is -1.86. The van der Waals surface area contributed by atoms with Crippen molar-refractivity contribution in [3.63, 3.8) is 0 Å². The number of hydrogen-bond acceptors (Lipinski definition) is 2. The summed E-state index contributed by atoms with van der Waals surface area (Å²) in [5, 5.41) is 1.71. The first-order valence-corrected chi connectivity index (χ1v) is 6.87. The van der Waals surface area contributed by atoms with Crippen molar-refractivity contribution < 1.29 is 4.74 Å². The lowest BCUT2D eigenvalue weighted by atomic mass is 10.2. The van der Waals surface area contributed by atoms with E-state index in [-0.39, 0.29) is 0 Å². The van der Waals surface area contributed by atoms with E-state index in [1.54, 1.807) is 6.20 Å². The van der Waals surface area contributed by atoms with Gasteiger partial charge in [0.05, 0.1) is 15.6 Å². The molecule has 0 fully saturated rings. The summed E-state index contributed by atoms with van der Waals surface area (Å²) in [5.74, 6) is 1.48. The fraction of sp³-hybridized carbons (Fsp3) is 0.0625. The Bertz CT molecular complexity index is 769. The second-order valence-corrected chi connectivity index (χ2v) is 5.30. The van der Waals surface area contributed by atoms with Gasteiger partial charge in [0.15, 0.2) is 0 Å². The third-order valence-corrected chi connectivity index (χ3v) is 3.78. The molecular weight excluding hydrogens is 293 g/mol. The number of aromatic nitrogens is 1. The van der Waals surface area contributed by atoms with Gasteiger partial charge in [0.25, 0.3) is 0 Å². The molecule has 0 radical (unpaired) electrons. The van der Waals surface area contributed by atoms with Crippen LogP contribution in [0.1, 0.15) is 5.56 Å². The molecule has 3 rings (SSSR count). The molecule has 0 aliphatic carbocycles. The molecular formula is C16H11Cl2NO. The normalized spacial score (nSPS) is 10.8. The zero-order valence-electron chi connectivity index (χ0n) is 10.7. The second kappa shape index (κ2) is 5.31. The van der Waals surface area contributed by atoms with E-state index in [9.17, 15) is 0 Å². The van der Waals surface area contributed by atoms with Gasteiger partial charge in [-0.25, -0.2) is 0 Å². The van der Waals surface area contributed by atoms with Crippen LogP contribution >= 0.6 is 23.2 Å². The van der Waals surface area contributed by atoms with Gasteiger partial charge >= 0.3 is 0 Å². The van der Waals surface area contributed by atoms with Crippen LogP contribution in [0.15, 0.2) is 48.7 Å². The van der Waals surface area contributed by atoms with Gasteiger partial charge < -0.3 is 4.74 Å². The van der Waals surface area contributed by atoms with Crippen LogP contribution in [0.5, 0.6) is 11.5 Å². The van der Waals surface area contributed by atoms with Crippen molar-refractivity contribution in [2.24, 2.45) is 0 Å². The van der Waals surface area contributed by atoms with E-state index in [1.807, 2.05) is 49.4 Å². The molecule has 0 saturated carbocycles. The molecule has 1 heterocycles. The molecule has 1 aromatic heterocycles. The Balaban J connectivity index is 2.00. The molecule has 100 valence electrons. The Morgan fingerprint density at radius 1 is 0.950 bits per heavy atom. The highest BCUT2D eigenvalue weighted by Crippen LogP contribution is 2.32. The number of fused-ring (bicyclic) bond motifs is 1. The molecule has 0 N–H and O–H groups in total. The number of benzene rings is 2. The van der Waals surface area contributed by atoms with Gasteiger partial charge in [0.1, 0.15) is 11.5 Å². The number of aryl methyl sites for hydroxylation is 1. The van der Waals surface area contributed by atoms with Crippen molar-refractivity contribution in [3.8, 4) is 11.5 Å². The van der Waals surface area contributed by atoms with Gasteiger partial charge in [0.2, 0.25) is 0 Å². The SMILES string of the molecule is Cc1ccc(Oc2ccc3ncc(Cl)c(Cl)c3c2)cc1. The lowest BCUT2D eigenvalue weighted by molar-refractivity contribution is 0.483. The van der Waals surface area contributed by atoms with Crippen molar-refractivity contribution in [3.05, 3.63) is 64.3 Å². The fourth-order valence-corrected chi connectivity index (χ4v) is 2.27. The van der Waals surface area contributed by atoms with Crippen molar-refractivity contribution >= 4 is 34.1 Å². The second-order valence-electron chi connectivity index (χ2n) is 4.51. The molecule has 3 aromatic rings. The molecule has 0 saturated heterocycles. The van der Waals surface area contributed by atoms with Crippen molar-refractivity contribution in [1.29, 1.82) is 0 Å². The Morgan fingerprint density at radius 3 is 2.40 bits per heavy atom. The van der Waals surface area contributed by atoms with Gasteiger partial charge in [-0.15, -0.1) is 0 Å². The first-order valence-electron chi connectivity index (χ1n) is 6.12. The Kier molecular flexibility index (Phi) is 3.51. The summed E-state index contributed by atoms with van der Waals surface area (Å²) in [7, 11) is 0. The summed E-state index contributed by atoms with van der Waals surface area (Å²) in [6, 6.07) is 13.4. The quantitative estimate of drug-likeness (QED) is 0.611. The maximum Gasteiger partial charge on any atom is 0.128 e. The Morgan fingerprint density at radius 2 is 1.65 bits per heavy atom. The largest absolute Gasteiger partial charge is 0.457 e. The summed E-state index contributed by atoms with van der Waals surface area (Å²) < 4.78 is 5.81. The highest BCUT2D eigenvalue weighted by molar-refractivity contribution is 6.45. The Labute approximate surface area is 126 Å². The van der Waals surface area contributed by atoms with E-state index in [4.69, 9.17) is 27.9 Å². The van der Waals surface area contributed by atoms with Crippen LogP contribution in [0.2, 0.25) is 10.0 Å². The zero-order valence-corrected chi connectivity index (χ0v) is 12.2. The van der Waals surface area contributed by atoms with Crippen molar-refractivity contribution in [2.75, 3.05) is 0 Å². The van der Waals surface area contributed by atoms with Gasteiger partial charge in [-0.1, -0.05) is 40.9 Å². The minimum absolute atomic E-state index is 0.437. The average molecular weight is 304 g/mol. The molecule has 4 heteroatoms. The predicted octanol–water partition coefficient (Wildman–Crippen LogP) is 5.64. The zero-order chi connectivity index (χ0) is 14.1. The summed E-state index contributed by atoms with van der Waals surface area (Å²) in [6.07, 6.45) is 1.55. The number of pyridine rings is 1. The molecule has 0 bridgehead atoms. The highest BCUT2D eigenvalue weighted by Gasteiger charge is 2.07. The number of rotatable bonds is 2. The molecule has 0 amide bonds. The van der Waals surface area contributed by atoms with E-state index in [1.165, 1.54) is 5.56 Å². The van der Waals surface area contributed by atoms with Crippen LogP contribution in [0.3, 0.4) is 0 Å². The highest BCUT2D eigenvalue weighted by atomic mass is 35.5. The molecule has 20 heavy (non-hydrogen) atoms. The average Bonchev–Trinajstić information content (AvgIpc) is 2.46. The van der Waals surface area contributed by atoms with Crippen LogP contribution in [0.4, 0.5) is 0 Å². The molecule has 0 aliphatic heterocycles. The molecule has 0 atom stereocenters. The van der Waals surface area contributed by atoms with E-state index in [2.05, 4.69) is 4.98 Å². The molecule has 0 spiro atoms. The maximum atomic E-state index is 6.19. The molecule has 0 unspecified atom stereocenters. The topological polar surface area (TPSA) is 22.1 Å². The van der Waals surface area contributed by atoms with Crippen LogP contribution in [-0.2, 0) is 0 Å². The fourth-order valence-electron chi connectivity index (χ4n) is 1.92. The van der Waals surface area contributed by atoms with Crippen LogP contribution in [0.25, 0.3) is 10.9 Å². The standard InChI is InChI=1S/C16H11Cl2NO/c1-10-2-4-11(5-3-10)20-12-6-7-15-13(8-12)16(18)14(17)9-19-15/h2-9H,1H3. The van der Waals surface area contributed by atoms with Crippen LogP contribution in [-0.4, -0.2) is 4.98 Å². The summed E-state index contributed by atoms with van der Waals surface area (Å²) in [5.41, 5.74) is 1.98. The number of ether oxygens (including phenoxy) is 1. The predicted molar refractivity (Wildman–Crippen MR) is 83.0 cm³/mol. The number of halogens is 2.